The predicted molar refractivity (Wildman–Crippen MR) is 90.3 cm³/mol. The third kappa shape index (κ3) is 3.15. The molecule has 5 heteroatoms. The van der Waals surface area contributed by atoms with Crippen LogP contribution in [0.5, 0.6) is 11.5 Å². The third-order valence-corrected chi connectivity index (χ3v) is 4.13. The van der Waals surface area contributed by atoms with Crippen LogP contribution in [-0.4, -0.2) is 27.8 Å². The van der Waals surface area contributed by atoms with Crippen LogP contribution in [0, 0.1) is 0 Å². The minimum absolute atomic E-state index is 0.191. The van der Waals surface area contributed by atoms with E-state index in [0.29, 0.717) is 12.8 Å². The van der Waals surface area contributed by atoms with Gasteiger partial charge in [0.15, 0.2) is 13.6 Å². The number of methoxy groups -OCH3 is 2. The third-order valence-electron chi connectivity index (χ3n) is 3.84. The molecule has 0 atom stereocenters. The van der Waals surface area contributed by atoms with Crippen LogP contribution in [0.3, 0.4) is 0 Å². The van der Waals surface area contributed by atoms with Crippen molar-refractivity contribution in [3.8, 4) is 11.5 Å². The zero-order valence-corrected chi connectivity index (χ0v) is 14.0. The van der Waals surface area contributed by atoms with E-state index in [4.69, 9.17) is 30.5 Å². The van der Waals surface area contributed by atoms with Crippen LogP contribution in [0.15, 0.2) is 35.4 Å². The van der Waals surface area contributed by atoms with E-state index < -0.39 is 0 Å². The molecule has 0 bridgehead atoms. The molecule has 23 heavy (non-hydrogen) atoms. The molecule has 0 aliphatic heterocycles. The molecule has 1 aliphatic rings. The maximum atomic E-state index is 6.27. The Balaban J connectivity index is 2.23. The summed E-state index contributed by atoms with van der Waals surface area (Å²) in [4.78, 5) is 0. The van der Waals surface area contributed by atoms with Gasteiger partial charge in [-0.25, -0.2) is 0 Å². The number of fused-ring (bicyclic) bond motifs is 2. The lowest BCUT2D eigenvalue weighted by molar-refractivity contribution is 0.0490. The standard InChI is InChI=1S/C18H19ClO4/c1-20-10-22-17-13-5-3-4-6-14(13)18(23-11-21-2)16-9-12(19)7-8-15(16)17/h3-7H,8-11H2,1-2H3. The second kappa shape index (κ2) is 7.21. The second-order valence-corrected chi connectivity index (χ2v) is 5.78. The fourth-order valence-corrected chi connectivity index (χ4v) is 3.11. The van der Waals surface area contributed by atoms with E-state index in [1.807, 2.05) is 30.3 Å². The maximum absolute atomic E-state index is 6.27. The molecule has 0 aromatic heterocycles. The monoisotopic (exact) mass is 334 g/mol. The van der Waals surface area contributed by atoms with Crippen LogP contribution in [-0.2, 0) is 22.3 Å². The van der Waals surface area contributed by atoms with Gasteiger partial charge in [-0.05, 0) is 6.42 Å². The Bertz CT molecular complexity index is 739. The Morgan fingerprint density at radius 2 is 1.48 bits per heavy atom. The Hall–Kier alpha value is -1.75. The molecule has 0 saturated carbocycles. The molecule has 122 valence electrons. The Morgan fingerprint density at radius 1 is 0.913 bits per heavy atom. The van der Waals surface area contributed by atoms with Gasteiger partial charge in [-0.15, -0.1) is 0 Å². The number of ether oxygens (including phenoxy) is 4. The summed E-state index contributed by atoms with van der Waals surface area (Å²) in [7, 11) is 3.22. The van der Waals surface area contributed by atoms with Gasteiger partial charge < -0.3 is 18.9 Å². The summed E-state index contributed by atoms with van der Waals surface area (Å²) >= 11 is 6.27. The molecule has 2 aromatic rings. The van der Waals surface area contributed by atoms with E-state index >= 15 is 0 Å². The van der Waals surface area contributed by atoms with Crippen molar-refractivity contribution in [2.75, 3.05) is 27.8 Å². The summed E-state index contributed by atoms with van der Waals surface area (Å²) in [5.74, 6) is 1.65. The molecule has 0 saturated heterocycles. The molecule has 0 spiro atoms. The summed E-state index contributed by atoms with van der Waals surface area (Å²) in [5.41, 5.74) is 2.15. The normalized spacial score (nSPS) is 13.6. The van der Waals surface area contributed by atoms with E-state index in [1.54, 1.807) is 14.2 Å². The van der Waals surface area contributed by atoms with Gasteiger partial charge >= 0.3 is 0 Å². The number of hydrogen-bond donors (Lipinski definition) is 0. The number of halogens is 1. The van der Waals surface area contributed by atoms with Crippen molar-refractivity contribution in [3.63, 3.8) is 0 Å². The second-order valence-electron chi connectivity index (χ2n) is 5.29. The van der Waals surface area contributed by atoms with E-state index in [-0.39, 0.29) is 13.6 Å². The van der Waals surface area contributed by atoms with Crippen molar-refractivity contribution in [2.24, 2.45) is 0 Å². The molecule has 3 rings (SSSR count). The van der Waals surface area contributed by atoms with E-state index in [0.717, 1.165) is 38.4 Å². The molecular formula is C18H19ClO4. The number of benzene rings is 2. The smallest absolute Gasteiger partial charge is 0.188 e. The largest absolute Gasteiger partial charge is 0.467 e. The minimum atomic E-state index is 0.191. The highest BCUT2D eigenvalue weighted by molar-refractivity contribution is 6.30. The molecule has 1 aliphatic carbocycles. The first-order valence-electron chi connectivity index (χ1n) is 7.40. The van der Waals surface area contributed by atoms with Gasteiger partial charge in [-0.3, -0.25) is 0 Å². The van der Waals surface area contributed by atoms with Crippen molar-refractivity contribution in [1.29, 1.82) is 0 Å². The average molecular weight is 335 g/mol. The zero-order valence-electron chi connectivity index (χ0n) is 13.2. The molecule has 0 radical (unpaired) electrons. The first-order valence-corrected chi connectivity index (χ1v) is 7.78. The van der Waals surface area contributed by atoms with Crippen molar-refractivity contribution >= 4 is 22.4 Å². The number of allylic oxidation sites excluding steroid dienone is 2. The highest BCUT2D eigenvalue weighted by Gasteiger charge is 2.24. The first kappa shape index (κ1) is 16.1. The quantitative estimate of drug-likeness (QED) is 0.747. The topological polar surface area (TPSA) is 36.9 Å². The van der Waals surface area contributed by atoms with Gasteiger partial charge in [0.2, 0.25) is 0 Å². The maximum Gasteiger partial charge on any atom is 0.188 e. The lowest BCUT2D eigenvalue weighted by Crippen LogP contribution is -2.11. The van der Waals surface area contributed by atoms with Crippen LogP contribution < -0.4 is 9.47 Å². The first-order chi connectivity index (χ1) is 11.3. The van der Waals surface area contributed by atoms with Gasteiger partial charge in [-0.2, -0.15) is 0 Å². The van der Waals surface area contributed by atoms with Gasteiger partial charge in [0.1, 0.15) is 11.5 Å². The fraction of sp³-hybridized carbons (Fsp3) is 0.333. The molecular weight excluding hydrogens is 316 g/mol. The molecule has 2 aromatic carbocycles. The molecule has 0 heterocycles. The van der Waals surface area contributed by atoms with Gasteiger partial charge in [0.05, 0.1) is 0 Å². The predicted octanol–water partition coefficient (Wildman–Crippen LogP) is 4.03. The Labute approximate surface area is 140 Å². The van der Waals surface area contributed by atoms with E-state index in [9.17, 15) is 0 Å². The van der Waals surface area contributed by atoms with Crippen LogP contribution >= 0.6 is 11.6 Å². The molecule has 0 N–H and O–H groups in total. The van der Waals surface area contributed by atoms with Gasteiger partial charge in [0, 0.05) is 47.6 Å². The fourth-order valence-electron chi connectivity index (χ4n) is 2.90. The zero-order chi connectivity index (χ0) is 16.2. The van der Waals surface area contributed by atoms with Crippen molar-refractivity contribution < 1.29 is 18.9 Å². The summed E-state index contributed by atoms with van der Waals surface area (Å²) in [6.45, 7) is 0.391. The average Bonchev–Trinajstić information content (AvgIpc) is 2.58. The minimum Gasteiger partial charge on any atom is -0.467 e. The summed E-state index contributed by atoms with van der Waals surface area (Å²) < 4.78 is 21.9. The van der Waals surface area contributed by atoms with Crippen LogP contribution in [0.1, 0.15) is 11.1 Å². The summed E-state index contributed by atoms with van der Waals surface area (Å²) in [6.07, 6.45) is 3.35. The highest BCUT2D eigenvalue weighted by atomic mass is 35.5. The van der Waals surface area contributed by atoms with Gasteiger partial charge in [-0.1, -0.05) is 41.9 Å². The lowest BCUT2D eigenvalue weighted by atomic mass is 9.90. The Morgan fingerprint density at radius 3 is 2.04 bits per heavy atom. The molecule has 0 fully saturated rings. The van der Waals surface area contributed by atoms with Crippen molar-refractivity contribution in [2.45, 2.75) is 12.8 Å². The number of rotatable bonds is 6. The number of hydrogen-bond acceptors (Lipinski definition) is 4. The van der Waals surface area contributed by atoms with E-state index in [1.165, 1.54) is 0 Å². The highest BCUT2D eigenvalue weighted by Crippen LogP contribution is 2.44. The Kier molecular flexibility index (Phi) is 5.06. The van der Waals surface area contributed by atoms with Crippen LogP contribution in [0.2, 0.25) is 0 Å². The lowest BCUT2D eigenvalue weighted by Gasteiger charge is -2.24. The van der Waals surface area contributed by atoms with Crippen molar-refractivity contribution in [3.05, 3.63) is 46.5 Å². The summed E-state index contributed by atoms with van der Waals surface area (Å²) in [5, 5.41) is 2.80. The van der Waals surface area contributed by atoms with Crippen LogP contribution in [0.25, 0.3) is 10.8 Å². The van der Waals surface area contributed by atoms with Crippen LogP contribution in [0.4, 0.5) is 0 Å². The van der Waals surface area contributed by atoms with E-state index in [2.05, 4.69) is 0 Å². The molecule has 0 amide bonds. The van der Waals surface area contributed by atoms with Crippen molar-refractivity contribution in [1.82, 2.24) is 0 Å². The SMILES string of the molecule is COCOc1c2c(c(OCOC)c3ccccc13)CC(Cl)=CC2. The molecule has 0 unspecified atom stereocenters. The van der Waals surface area contributed by atoms with Gasteiger partial charge in [0.25, 0.3) is 0 Å². The summed E-state index contributed by atoms with van der Waals surface area (Å²) in [6, 6.07) is 8.02. The molecule has 4 nitrogen and oxygen atoms in total.